The Kier molecular flexibility index (Phi) is 4.09. The summed E-state index contributed by atoms with van der Waals surface area (Å²) >= 11 is 0. The Morgan fingerprint density at radius 3 is 2.00 bits per heavy atom. The van der Waals surface area contributed by atoms with Crippen LogP contribution in [0.5, 0.6) is 11.5 Å². The van der Waals surface area contributed by atoms with Gasteiger partial charge in [-0.2, -0.15) is 0 Å². The van der Waals surface area contributed by atoms with E-state index in [2.05, 4.69) is 11.1 Å². The van der Waals surface area contributed by atoms with Crippen molar-refractivity contribution in [1.29, 1.82) is 0 Å². The zero-order valence-corrected chi connectivity index (χ0v) is 14.5. The lowest BCUT2D eigenvalue weighted by molar-refractivity contribution is 0.406. The normalized spacial score (nSPS) is 10.9. The van der Waals surface area contributed by atoms with E-state index in [4.69, 9.17) is 9.47 Å². The molecule has 0 aliphatic heterocycles. The quantitative estimate of drug-likeness (QED) is 0.517. The second-order valence-corrected chi connectivity index (χ2v) is 6.04. The molecular weight excluding hydrogens is 329 g/mol. The average Bonchev–Trinajstić information content (AvgIpc) is 3.15. The predicted octanol–water partition coefficient (Wildman–Crippen LogP) is 5.66. The standard InChI is InChI=1S/C22H18FNO2/c1-25-21-13-19(15-5-8-20-16(11-15)9-10-24-20)22(26-2)12-18(21)14-3-6-17(23)7-4-14/h3-13,24H,1-2H3. The monoisotopic (exact) mass is 347 g/mol. The zero-order valence-electron chi connectivity index (χ0n) is 14.5. The van der Waals surface area contributed by atoms with Gasteiger partial charge < -0.3 is 14.5 Å². The van der Waals surface area contributed by atoms with Crippen LogP contribution >= 0.6 is 0 Å². The second-order valence-electron chi connectivity index (χ2n) is 6.04. The van der Waals surface area contributed by atoms with E-state index in [-0.39, 0.29) is 5.82 Å². The van der Waals surface area contributed by atoms with Crippen LogP contribution in [0, 0.1) is 5.82 Å². The highest BCUT2D eigenvalue weighted by molar-refractivity contribution is 5.88. The molecule has 4 rings (SSSR count). The third kappa shape index (κ3) is 2.80. The molecule has 0 aliphatic carbocycles. The number of hydrogen-bond acceptors (Lipinski definition) is 2. The van der Waals surface area contributed by atoms with Crippen molar-refractivity contribution in [3.05, 3.63) is 72.7 Å². The van der Waals surface area contributed by atoms with Crippen LogP contribution in [0.25, 0.3) is 33.2 Å². The van der Waals surface area contributed by atoms with E-state index in [1.807, 2.05) is 36.5 Å². The van der Waals surface area contributed by atoms with Gasteiger partial charge in [-0.15, -0.1) is 0 Å². The molecule has 0 aliphatic rings. The predicted molar refractivity (Wildman–Crippen MR) is 102 cm³/mol. The summed E-state index contributed by atoms with van der Waals surface area (Å²) in [5, 5.41) is 1.13. The third-order valence-electron chi connectivity index (χ3n) is 4.54. The first-order chi connectivity index (χ1) is 12.7. The van der Waals surface area contributed by atoms with Crippen molar-refractivity contribution in [2.24, 2.45) is 0 Å². The van der Waals surface area contributed by atoms with E-state index in [9.17, 15) is 4.39 Å². The molecule has 1 aromatic heterocycles. The molecule has 1 N–H and O–H groups in total. The van der Waals surface area contributed by atoms with Gasteiger partial charge in [0.25, 0.3) is 0 Å². The minimum atomic E-state index is -0.267. The minimum absolute atomic E-state index is 0.267. The molecule has 4 heteroatoms. The Morgan fingerprint density at radius 1 is 0.731 bits per heavy atom. The molecule has 0 atom stereocenters. The molecule has 4 aromatic rings. The first-order valence-electron chi connectivity index (χ1n) is 8.29. The number of aromatic amines is 1. The van der Waals surface area contributed by atoms with Crippen molar-refractivity contribution < 1.29 is 13.9 Å². The summed E-state index contributed by atoms with van der Waals surface area (Å²) in [7, 11) is 3.28. The van der Waals surface area contributed by atoms with Crippen LogP contribution in [0.1, 0.15) is 0 Å². The van der Waals surface area contributed by atoms with Crippen LogP contribution < -0.4 is 9.47 Å². The Labute approximate surface area is 151 Å². The van der Waals surface area contributed by atoms with E-state index >= 15 is 0 Å². The van der Waals surface area contributed by atoms with E-state index in [1.54, 1.807) is 26.4 Å². The van der Waals surface area contributed by atoms with Gasteiger partial charge in [0.15, 0.2) is 0 Å². The number of aromatic nitrogens is 1. The number of fused-ring (bicyclic) bond motifs is 1. The minimum Gasteiger partial charge on any atom is -0.496 e. The first-order valence-corrected chi connectivity index (χ1v) is 8.29. The lowest BCUT2D eigenvalue weighted by Gasteiger charge is -2.15. The molecule has 0 saturated heterocycles. The van der Waals surface area contributed by atoms with Crippen molar-refractivity contribution in [3.63, 3.8) is 0 Å². The van der Waals surface area contributed by atoms with Crippen molar-refractivity contribution >= 4 is 10.9 Å². The average molecular weight is 347 g/mol. The summed E-state index contributed by atoms with van der Waals surface area (Å²) in [6.07, 6.45) is 1.92. The lowest BCUT2D eigenvalue weighted by atomic mass is 9.97. The maximum Gasteiger partial charge on any atom is 0.127 e. The van der Waals surface area contributed by atoms with Crippen LogP contribution in [0.4, 0.5) is 4.39 Å². The fourth-order valence-corrected chi connectivity index (χ4v) is 3.20. The third-order valence-corrected chi connectivity index (χ3v) is 4.54. The van der Waals surface area contributed by atoms with Gasteiger partial charge in [-0.05, 0) is 59.0 Å². The number of methoxy groups -OCH3 is 2. The summed E-state index contributed by atoms with van der Waals surface area (Å²) < 4.78 is 24.5. The van der Waals surface area contributed by atoms with Crippen molar-refractivity contribution in [2.45, 2.75) is 0 Å². The fourth-order valence-electron chi connectivity index (χ4n) is 3.20. The number of ether oxygens (including phenoxy) is 2. The largest absolute Gasteiger partial charge is 0.496 e. The van der Waals surface area contributed by atoms with E-state index in [0.29, 0.717) is 5.75 Å². The number of hydrogen-bond donors (Lipinski definition) is 1. The number of H-pyrrole nitrogens is 1. The summed E-state index contributed by atoms with van der Waals surface area (Å²) in [5.74, 6) is 1.18. The van der Waals surface area contributed by atoms with Gasteiger partial charge in [0.05, 0.1) is 14.2 Å². The van der Waals surface area contributed by atoms with Crippen molar-refractivity contribution in [1.82, 2.24) is 4.98 Å². The van der Waals surface area contributed by atoms with Gasteiger partial charge in [-0.1, -0.05) is 18.2 Å². The van der Waals surface area contributed by atoms with E-state index in [1.165, 1.54) is 12.1 Å². The number of benzene rings is 3. The summed E-state index contributed by atoms with van der Waals surface area (Å²) in [5.41, 5.74) is 4.80. The molecule has 0 fully saturated rings. The molecule has 1 heterocycles. The van der Waals surface area contributed by atoms with Crippen molar-refractivity contribution in [3.8, 4) is 33.8 Å². The fraction of sp³-hybridized carbons (Fsp3) is 0.0909. The maximum atomic E-state index is 13.3. The SMILES string of the molecule is COc1cc(-c2ccc3[nH]ccc3c2)c(OC)cc1-c1ccc(F)cc1. The van der Waals surface area contributed by atoms with Gasteiger partial charge in [0.2, 0.25) is 0 Å². The Morgan fingerprint density at radius 2 is 1.35 bits per heavy atom. The van der Waals surface area contributed by atoms with Gasteiger partial charge in [0.1, 0.15) is 17.3 Å². The maximum absolute atomic E-state index is 13.3. The second kappa shape index (κ2) is 6.56. The van der Waals surface area contributed by atoms with Gasteiger partial charge >= 0.3 is 0 Å². The molecule has 130 valence electrons. The molecule has 0 saturated carbocycles. The van der Waals surface area contributed by atoms with Crippen LogP contribution in [0.3, 0.4) is 0 Å². The summed E-state index contributed by atoms with van der Waals surface area (Å²) in [6.45, 7) is 0. The number of rotatable bonds is 4. The molecule has 3 aromatic carbocycles. The highest BCUT2D eigenvalue weighted by Crippen LogP contribution is 2.41. The molecule has 0 amide bonds. The Bertz CT molecular complexity index is 1070. The molecule has 3 nitrogen and oxygen atoms in total. The van der Waals surface area contributed by atoms with Gasteiger partial charge in [-0.3, -0.25) is 0 Å². The Balaban J connectivity index is 1.88. The van der Waals surface area contributed by atoms with E-state index in [0.717, 1.165) is 38.9 Å². The van der Waals surface area contributed by atoms with Crippen LogP contribution in [-0.4, -0.2) is 19.2 Å². The highest BCUT2D eigenvalue weighted by Gasteiger charge is 2.15. The first kappa shape index (κ1) is 16.2. The van der Waals surface area contributed by atoms with Gasteiger partial charge in [0, 0.05) is 22.8 Å². The van der Waals surface area contributed by atoms with Crippen LogP contribution in [0.15, 0.2) is 66.9 Å². The molecule has 26 heavy (non-hydrogen) atoms. The molecular formula is C22H18FNO2. The summed E-state index contributed by atoms with van der Waals surface area (Å²) in [4.78, 5) is 3.20. The lowest BCUT2D eigenvalue weighted by Crippen LogP contribution is -1.94. The molecule has 0 spiro atoms. The zero-order chi connectivity index (χ0) is 18.1. The van der Waals surface area contributed by atoms with Crippen molar-refractivity contribution in [2.75, 3.05) is 14.2 Å². The van der Waals surface area contributed by atoms with E-state index < -0.39 is 0 Å². The van der Waals surface area contributed by atoms with Gasteiger partial charge in [-0.25, -0.2) is 4.39 Å². The molecule has 0 radical (unpaired) electrons. The molecule has 0 unspecified atom stereocenters. The Hall–Kier alpha value is -3.27. The molecule has 0 bridgehead atoms. The summed E-state index contributed by atoms with van der Waals surface area (Å²) in [6, 6.07) is 18.5. The highest BCUT2D eigenvalue weighted by atomic mass is 19.1. The topological polar surface area (TPSA) is 34.2 Å². The number of nitrogens with one attached hydrogen (secondary N) is 1. The van der Waals surface area contributed by atoms with Crippen LogP contribution in [0.2, 0.25) is 0 Å². The smallest absolute Gasteiger partial charge is 0.127 e. The number of halogens is 1. The van der Waals surface area contributed by atoms with Crippen LogP contribution in [-0.2, 0) is 0 Å².